The molecule has 0 radical (unpaired) electrons. The number of aryl methyl sites for hydroxylation is 1. The molecule has 100 valence electrons. The number of halogens is 4. The van der Waals surface area contributed by atoms with Crippen LogP contribution in [0.15, 0.2) is 40.9 Å². The van der Waals surface area contributed by atoms with Gasteiger partial charge in [0.25, 0.3) is 0 Å². The highest BCUT2D eigenvalue weighted by Gasteiger charge is 2.16. The lowest BCUT2D eigenvalue weighted by molar-refractivity contribution is 0.498. The van der Waals surface area contributed by atoms with Crippen LogP contribution in [0.1, 0.15) is 21.5 Å². The van der Waals surface area contributed by atoms with E-state index in [9.17, 15) is 8.78 Å². The molecule has 0 aliphatic carbocycles. The van der Waals surface area contributed by atoms with Crippen LogP contribution in [0.4, 0.5) is 8.78 Å². The molecule has 2 rings (SSSR count). The second-order valence-electron chi connectivity index (χ2n) is 4.36. The van der Waals surface area contributed by atoms with E-state index in [0.717, 1.165) is 21.7 Å². The SMILES string of the molecule is Cc1cccc(C(Br)Cc2cccc(F)c2F)c1Br. The zero-order valence-corrected chi connectivity index (χ0v) is 13.4. The Kier molecular flexibility index (Phi) is 4.74. The number of rotatable bonds is 3. The summed E-state index contributed by atoms with van der Waals surface area (Å²) in [4.78, 5) is -0.0712. The van der Waals surface area contributed by atoms with Crippen molar-refractivity contribution in [1.82, 2.24) is 0 Å². The second-order valence-corrected chi connectivity index (χ2v) is 6.26. The van der Waals surface area contributed by atoms with Gasteiger partial charge >= 0.3 is 0 Å². The summed E-state index contributed by atoms with van der Waals surface area (Å²) < 4.78 is 27.8. The normalized spacial score (nSPS) is 12.5. The van der Waals surface area contributed by atoms with E-state index >= 15 is 0 Å². The Morgan fingerprint density at radius 3 is 2.53 bits per heavy atom. The molecule has 19 heavy (non-hydrogen) atoms. The Balaban J connectivity index is 2.28. The molecular formula is C15H12Br2F2. The molecule has 0 saturated carbocycles. The first-order chi connectivity index (χ1) is 9.00. The topological polar surface area (TPSA) is 0 Å². The highest BCUT2D eigenvalue weighted by atomic mass is 79.9. The molecule has 0 amide bonds. The van der Waals surface area contributed by atoms with E-state index in [0.29, 0.717) is 12.0 Å². The summed E-state index contributed by atoms with van der Waals surface area (Å²) in [5.41, 5.74) is 2.51. The highest BCUT2D eigenvalue weighted by Crippen LogP contribution is 2.34. The van der Waals surface area contributed by atoms with Crippen molar-refractivity contribution < 1.29 is 8.78 Å². The van der Waals surface area contributed by atoms with Crippen molar-refractivity contribution >= 4 is 31.9 Å². The largest absolute Gasteiger partial charge is 0.204 e. The molecule has 0 aliphatic heterocycles. The maximum atomic E-state index is 13.7. The van der Waals surface area contributed by atoms with Gasteiger partial charge in [-0.05, 0) is 36.1 Å². The van der Waals surface area contributed by atoms with Crippen molar-refractivity contribution in [2.75, 3.05) is 0 Å². The van der Waals surface area contributed by atoms with Gasteiger partial charge in [-0.2, -0.15) is 0 Å². The van der Waals surface area contributed by atoms with E-state index in [1.165, 1.54) is 6.07 Å². The van der Waals surface area contributed by atoms with E-state index in [4.69, 9.17) is 0 Å². The fourth-order valence-corrected chi connectivity index (χ4v) is 3.50. The van der Waals surface area contributed by atoms with Gasteiger partial charge in [0.05, 0.1) is 0 Å². The van der Waals surface area contributed by atoms with Crippen molar-refractivity contribution in [1.29, 1.82) is 0 Å². The summed E-state index contributed by atoms with van der Waals surface area (Å²) in [6.07, 6.45) is 0.394. The minimum absolute atomic E-state index is 0.0712. The van der Waals surface area contributed by atoms with Gasteiger partial charge in [-0.25, -0.2) is 8.78 Å². The Morgan fingerprint density at radius 2 is 1.79 bits per heavy atom. The highest BCUT2D eigenvalue weighted by molar-refractivity contribution is 9.11. The van der Waals surface area contributed by atoms with Crippen molar-refractivity contribution in [3.8, 4) is 0 Å². The maximum absolute atomic E-state index is 13.7. The molecular weight excluding hydrogens is 378 g/mol. The molecule has 0 nitrogen and oxygen atoms in total. The van der Waals surface area contributed by atoms with E-state index < -0.39 is 11.6 Å². The van der Waals surface area contributed by atoms with E-state index in [1.807, 2.05) is 25.1 Å². The summed E-state index contributed by atoms with van der Waals surface area (Å²) >= 11 is 7.08. The fourth-order valence-electron chi connectivity index (χ4n) is 1.92. The summed E-state index contributed by atoms with van der Waals surface area (Å²) in [5.74, 6) is -1.57. The first-order valence-corrected chi connectivity index (χ1v) is 7.53. The molecule has 4 heteroatoms. The molecule has 0 aliphatic rings. The predicted molar refractivity (Wildman–Crippen MR) is 80.6 cm³/mol. The lowest BCUT2D eigenvalue weighted by atomic mass is 10.0. The van der Waals surface area contributed by atoms with Gasteiger partial charge in [0, 0.05) is 9.30 Å². The van der Waals surface area contributed by atoms with E-state index in [2.05, 4.69) is 31.9 Å². The van der Waals surface area contributed by atoms with Crippen molar-refractivity contribution in [3.63, 3.8) is 0 Å². The minimum Gasteiger partial charge on any atom is -0.204 e. The van der Waals surface area contributed by atoms with Crippen molar-refractivity contribution in [3.05, 3.63) is 69.2 Å². The van der Waals surface area contributed by atoms with Crippen LogP contribution in [-0.4, -0.2) is 0 Å². The smallest absolute Gasteiger partial charge is 0.162 e. The third kappa shape index (κ3) is 3.23. The Labute approximate surface area is 128 Å². The molecule has 0 fully saturated rings. The van der Waals surface area contributed by atoms with E-state index in [-0.39, 0.29) is 4.83 Å². The van der Waals surface area contributed by atoms with Gasteiger partial charge in [-0.3, -0.25) is 0 Å². The molecule has 0 saturated heterocycles. The number of benzene rings is 2. The predicted octanol–water partition coefficient (Wildman–Crippen LogP) is 5.71. The first-order valence-electron chi connectivity index (χ1n) is 5.82. The van der Waals surface area contributed by atoms with Gasteiger partial charge in [0.2, 0.25) is 0 Å². The zero-order valence-electron chi connectivity index (χ0n) is 10.3. The molecule has 0 heterocycles. The lowest BCUT2D eigenvalue weighted by Gasteiger charge is -2.14. The third-order valence-electron chi connectivity index (χ3n) is 2.99. The quantitative estimate of drug-likeness (QED) is 0.589. The molecule has 2 aromatic carbocycles. The molecule has 0 N–H and O–H groups in total. The second kappa shape index (κ2) is 6.14. The molecule has 0 aromatic heterocycles. The number of hydrogen-bond donors (Lipinski definition) is 0. The van der Waals surface area contributed by atoms with Gasteiger partial charge in [0.15, 0.2) is 11.6 Å². The van der Waals surface area contributed by atoms with Crippen LogP contribution >= 0.6 is 31.9 Å². The van der Waals surface area contributed by atoms with Gasteiger partial charge in [-0.15, -0.1) is 0 Å². The molecule has 1 unspecified atom stereocenters. The Bertz CT molecular complexity index is 597. The average Bonchev–Trinajstić information content (AvgIpc) is 2.38. The summed E-state index contributed by atoms with van der Waals surface area (Å²) in [6.45, 7) is 2.00. The molecule has 2 aromatic rings. The van der Waals surface area contributed by atoms with Crippen LogP contribution in [0, 0.1) is 18.6 Å². The van der Waals surface area contributed by atoms with Crippen LogP contribution in [0.2, 0.25) is 0 Å². The molecule has 0 spiro atoms. The number of hydrogen-bond acceptors (Lipinski definition) is 0. The third-order valence-corrected chi connectivity index (χ3v) is 4.89. The maximum Gasteiger partial charge on any atom is 0.162 e. The lowest BCUT2D eigenvalue weighted by Crippen LogP contribution is -2.01. The standard InChI is InChI=1S/C15H12Br2F2/c1-9-4-2-6-11(14(9)17)12(16)8-10-5-3-7-13(18)15(10)19/h2-7,12H,8H2,1H3. The van der Waals surface area contributed by atoms with Gasteiger partial charge < -0.3 is 0 Å². The Morgan fingerprint density at radius 1 is 1.11 bits per heavy atom. The fraction of sp³-hybridized carbons (Fsp3) is 0.200. The van der Waals surface area contributed by atoms with Gasteiger partial charge in [0.1, 0.15) is 0 Å². The Hall–Kier alpha value is -0.740. The average molecular weight is 390 g/mol. The molecule has 0 bridgehead atoms. The minimum atomic E-state index is -0.805. The molecule has 1 atom stereocenters. The van der Waals surface area contributed by atoms with Crippen LogP contribution in [0.25, 0.3) is 0 Å². The van der Waals surface area contributed by atoms with Crippen LogP contribution in [0.3, 0.4) is 0 Å². The summed E-state index contributed by atoms with van der Waals surface area (Å²) in [7, 11) is 0. The summed E-state index contributed by atoms with van der Waals surface area (Å²) in [5, 5.41) is 0. The van der Waals surface area contributed by atoms with Crippen LogP contribution in [0.5, 0.6) is 0 Å². The van der Waals surface area contributed by atoms with Crippen LogP contribution in [-0.2, 0) is 6.42 Å². The number of alkyl halides is 1. The first kappa shape index (κ1) is 14.7. The summed E-state index contributed by atoms with van der Waals surface area (Å²) in [6, 6.07) is 10.2. The van der Waals surface area contributed by atoms with Crippen LogP contribution < -0.4 is 0 Å². The van der Waals surface area contributed by atoms with Gasteiger partial charge in [-0.1, -0.05) is 62.2 Å². The monoisotopic (exact) mass is 388 g/mol. The zero-order chi connectivity index (χ0) is 14.0. The van der Waals surface area contributed by atoms with E-state index in [1.54, 1.807) is 6.07 Å². The van der Waals surface area contributed by atoms with Crippen molar-refractivity contribution in [2.45, 2.75) is 18.2 Å². The van der Waals surface area contributed by atoms with Crippen molar-refractivity contribution in [2.24, 2.45) is 0 Å².